The summed E-state index contributed by atoms with van der Waals surface area (Å²) < 4.78 is 5.37. The SMILES string of the molecule is COC1CCN(CC2(O)CCN(C)CC2)CC1. The van der Waals surface area contributed by atoms with Crippen LogP contribution in [0, 0.1) is 0 Å². The van der Waals surface area contributed by atoms with Gasteiger partial charge in [0.15, 0.2) is 0 Å². The first-order valence-electron chi connectivity index (χ1n) is 6.77. The van der Waals surface area contributed by atoms with Gasteiger partial charge in [-0.25, -0.2) is 0 Å². The number of hydrogen-bond acceptors (Lipinski definition) is 4. The molecule has 0 bridgehead atoms. The standard InChI is InChI=1S/C13H26N2O2/c1-14-9-5-13(16,6-10-14)11-15-7-3-12(17-2)4-8-15/h12,16H,3-11H2,1-2H3. The zero-order valence-corrected chi connectivity index (χ0v) is 11.2. The maximum atomic E-state index is 10.6. The van der Waals surface area contributed by atoms with Gasteiger partial charge < -0.3 is 19.6 Å². The molecular weight excluding hydrogens is 216 g/mol. The molecule has 2 saturated heterocycles. The molecule has 100 valence electrons. The van der Waals surface area contributed by atoms with Gasteiger partial charge in [-0.15, -0.1) is 0 Å². The first-order chi connectivity index (χ1) is 8.11. The number of nitrogens with zero attached hydrogens (tertiary/aromatic N) is 2. The van der Waals surface area contributed by atoms with E-state index in [1.807, 2.05) is 0 Å². The maximum absolute atomic E-state index is 10.6. The van der Waals surface area contributed by atoms with E-state index in [-0.39, 0.29) is 0 Å². The zero-order valence-electron chi connectivity index (χ0n) is 11.2. The van der Waals surface area contributed by atoms with Gasteiger partial charge in [0.25, 0.3) is 0 Å². The van der Waals surface area contributed by atoms with E-state index in [1.54, 1.807) is 7.11 Å². The Hall–Kier alpha value is -0.160. The summed E-state index contributed by atoms with van der Waals surface area (Å²) in [4.78, 5) is 4.70. The summed E-state index contributed by atoms with van der Waals surface area (Å²) >= 11 is 0. The lowest BCUT2D eigenvalue weighted by Crippen LogP contribution is -2.52. The van der Waals surface area contributed by atoms with Gasteiger partial charge >= 0.3 is 0 Å². The Labute approximate surface area is 105 Å². The van der Waals surface area contributed by atoms with Crippen LogP contribution in [0.2, 0.25) is 0 Å². The van der Waals surface area contributed by atoms with E-state index in [1.165, 1.54) is 0 Å². The summed E-state index contributed by atoms with van der Waals surface area (Å²) in [7, 11) is 3.93. The molecule has 0 saturated carbocycles. The molecule has 2 rings (SSSR count). The molecule has 2 fully saturated rings. The summed E-state index contributed by atoms with van der Waals surface area (Å²) in [6.45, 7) is 5.01. The minimum absolute atomic E-state index is 0.429. The molecule has 2 aliphatic rings. The molecule has 0 aliphatic carbocycles. The number of hydrogen-bond donors (Lipinski definition) is 1. The third-order valence-electron chi connectivity index (χ3n) is 4.30. The monoisotopic (exact) mass is 242 g/mol. The molecule has 0 unspecified atom stereocenters. The van der Waals surface area contributed by atoms with Crippen LogP contribution < -0.4 is 0 Å². The van der Waals surface area contributed by atoms with Crippen LogP contribution in [0.1, 0.15) is 25.7 Å². The van der Waals surface area contributed by atoms with Crippen LogP contribution in [-0.2, 0) is 4.74 Å². The average molecular weight is 242 g/mol. The number of methoxy groups -OCH3 is 1. The van der Waals surface area contributed by atoms with Crippen LogP contribution in [0.15, 0.2) is 0 Å². The Morgan fingerprint density at radius 1 is 1.18 bits per heavy atom. The molecule has 0 spiro atoms. The highest BCUT2D eigenvalue weighted by molar-refractivity contribution is 4.89. The first kappa shape index (κ1) is 13.3. The normalized spacial score (nSPS) is 28.4. The molecule has 0 aromatic carbocycles. The molecule has 0 amide bonds. The van der Waals surface area contributed by atoms with E-state index >= 15 is 0 Å². The number of β-amino-alcohol motifs (C(OH)–C–C–N with tert-alkyl or cyclic N) is 1. The van der Waals surface area contributed by atoms with E-state index in [0.717, 1.165) is 58.4 Å². The third-order valence-corrected chi connectivity index (χ3v) is 4.30. The van der Waals surface area contributed by atoms with Gasteiger partial charge in [-0.05, 0) is 32.7 Å². The first-order valence-corrected chi connectivity index (χ1v) is 6.77. The van der Waals surface area contributed by atoms with Gasteiger partial charge in [-0.3, -0.25) is 0 Å². The summed E-state index contributed by atoms with van der Waals surface area (Å²) in [5.41, 5.74) is -0.452. The van der Waals surface area contributed by atoms with Gasteiger partial charge in [-0.1, -0.05) is 0 Å². The summed E-state index contributed by atoms with van der Waals surface area (Å²) in [6, 6.07) is 0. The van der Waals surface area contributed by atoms with E-state index < -0.39 is 5.60 Å². The Morgan fingerprint density at radius 2 is 1.76 bits per heavy atom. The minimum Gasteiger partial charge on any atom is -0.388 e. The third kappa shape index (κ3) is 3.65. The summed E-state index contributed by atoms with van der Waals surface area (Å²) in [6.07, 6.45) is 4.46. The van der Waals surface area contributed by atoms with Crippen molar-refractivity contribution in [2.24, 2.45) is 0 Å². The summed E-state index contributed by atoms with van der Waals surface area (Å²) in [5, 5.41) is 10.6. The molecule has 0 aromatic rings. The molecule has 17 heavy (non-hydrogen) atoms. The van der Waals surface area contributed by atoms with Crippen molar-refractivity contribution >= 4 is 0 Å². The van der Waals surface area contributed by atoms with Crippen LogP contribution in [0.4, 0.5) is 0 Å². The van der Waals surface area contributed by atoms with Gasteiger partial charge in [0.05, 0.1) is 11.7 Å². The second-order valence-corrected chi connectivity index (χ2v) is 5.74. The van der Waals surface area contributed by atoms with Gasteiger partial charge in [0, 0.05) is 39.8 Å². The van der Waals surface area contributed by atoms with Gasteiger partial charge in [0.1, 0.15) is 0 Å². The highest BCUT2D eigenvalue weighted by Crippen LogP contribution is 2.24. The topological polar surface area (TPSA) is 35.9 Å². The molecule has 2 heterocycles. The fraction of sp³-hybridized carbons (Fsp3) is 1.00. The predicted octanol–water partition coefficient (Wildman–Crippen LogP) is 0.554. The smallest absolute Gasteiger partial charge is 0.0798 e. The molecular formula is C13H26N2O2. The molecule has 0 radical (unpaired) electrons. The van der Waals surface area contributed by atoms with E-state index in [9.17, 15) is 5.11 Å². The summed E-state index contributed by atoms with van der Waals surface area (Å²) in [5.74, 6) is 0. The Morgan fingerprint density at radius 3 is 2.29 bits per heavy atom. The Kier molecular flexibility index (Phi) is 4.42. The van der Waals surface area contributed by atoms with Crippen molar-refractivity contribution in [3.8, 4) is 0 Å². The predicted molar refractivity (Wildman–Crippen MR) is 68.2 cm³/mol. The highest BCUT2D eigenvalue weighted by atomic mass is 16.5. The van der Waals surface area contributed by atoms with E-state index in [2.05, 4.69) is 16.8 Å². The number of likely N-dealkylation sites (tertiary alicyclic amines) is 2. The fourth-order valence-corrected chi connectivity index (χ4v) is 2.91. The van der Waals surface area contributed by atoms with Crippen molar-refractivity contribution in [3.05, 3.63) is 0 Å². The molecule has 1 N–H and O–H groups in total. The van der Waals surface area contributed by atoms with Gasteiger partial charge in [-0.2, -0.15) is 0 Å². The van der Waals surface area contributed by atoms with Crippen LogP contribution >= 0.6 is 0 Å². The second kappa shape index (κ2) is 5.65. The molecule has 2 aliphatic heterocycles. The van der Waals surface area contributed by atoms with Crippen molar-refractivity contribution in [1.29, 1.82) is 0 Å². The Balaban J connectivity index is 1.77. The molecule has 4 nitrogen and oxygen atoms in total. The zero-order chi connectivity index (χ0) is 12.3. The second-order valence-electron chi connectivity index (χ2n) is 5.74. The van der Waals surface area contributed by atoms with Gasteiger partial charge in [0.2, 0.25) is 0 Å². The van der Waals surface area contributed by atoms with E-state index in [0.29, 0.717) is 6.10 Å². The van der Waals surface area contributed by atoms with E-state index in [4.69, 9.17) is 4.74 Å². The quantitative estimate of drug-likeness (QED) is 0.784. The fourth-order valence-electron chi connectivity index (χ4n) is 2.91. The van der Waals surface area contributed by atoms with Crippen LogP contribution in [0.5, 0.6) is 0 Å². The van der Waals surface area contributed by atoms with Crippen molar-refractivity contribution in [2.75, 3.05) is 46.9 Å². The van der Waals surface area contributed by atoms with Crippen molar-refractivity contribution in [3.63, 3.8) is 0 Å². The Bertz CT molecular complexity index is 232. The van der Waals surface area contributed by atoms with Crippen molar-refractivity contribution < 1.29 is 9.84 Å². The lowest BCUT2D eigenvalue weighted by atomic mass is 9.90. The number of rotatable bonds is 3. The van der Waals surface area contributed by atoms with Crippen LogP contribution in [-0.4, -0.2) is 73.5 Å². The average Bonchev–Trinajstić information content (AvgIpc) is 2.34. The largest absolute Gasteiger partial charge is 0.388 e. The molecule has 0 aromatic heterocycles. The molecule has 0 atom stereocenters. The highest BCUT2D eigenvalue weighted by Gasteiger charge is 2.34. The molecule has 4 heteroatoms. The van der Waals surface area contributed by atoms with Crippen molar-refractivity contribution in [1.82, 2.24) is 9.80 Å². The number of aliphatic hydroxyl groups is 1. The van der Waals surface area contributed by atoms with Crippen LogP contribution in [0.25, 0.3) is 0 Å². The lowest BCUT2D eigenvalue weighted by Gasteiger charge is -2.41. The number of piperidine rings is 2. The minimum atomic E-state index is -0.452. The van der Waals surface area contributed by atoms with Crippen LogP contribution in [0.3, 0.4) is 0 Å². The van der Waals surface area contributed by atoms with Crippen molar-refractivity contribution in [2.45, 2.75) is 37.4 Å². The maximum Gasteiger partial charge on any atom is 0.0798 e. The lowest BCUT2D eigenvalue weighted by molar-refractivity contribution is -0.0538. The number of ether oxygens (including phenoxy) is 1.